The SMILES string of the molecule is CCCCN1C(=S)N[C@@H](c2ccccn2)[C@H]1c1cccn1-c1ccc(Cl)cn1. The average molecular weight is 412 g/mol. The normalized spacial score (nSPS) is 19.1. The summed E-state index contributed by atoms with van der Waals surface area (Å²) in [5, 5.41) is 4.89. The minimum Gasteiger partial charge on any atom is -0.352 e. The molecule has 0 saturated carbocycles. The second-order valence-electron chi connectivity index (χ2n) is 6.81. The number of nitrogens with one attached hydrogen (secondary N) is 1. The molecule has 0 amide bonds. The Hall–Kier alpha value is -2.44. The van der Waals surface area contributed by atoms with E-state index in [4.69, 9.17) is 23.8 Å². The Morgan fingerprint density at radius 1 is 1.14 bits per heavy atom. The summed E-state index contributed by atoms with van der Waals surface area (Å²) in [7, 11) is 0. The molecule has 1 aliphatic rings. The summed E-state index contributed by atoms with van der Waals surface area (Å²) in [6, 6.07) is 14.0. The van der Waals surface area contributed by atoms with Crippen LogP contribution in [0.25, 0.3) is 5.82 Å². The smallest absolute Gasteiger partial charge is 0.170 e. The molecular formula is C21H22ClN5S. The minimum absolute atomic E-state index is 0.0218. The number of hydrogen-bond acceptors (Lipinski definition) is 3. The van der Waals surface area contributed by atoms with Crippen LogP contribution in [0, 0.1) is 0 Å². The van der Waals surface area contributed by atoms with Crippen molar-refractivity contribution < 1.29 is 0 Å². The molecule has 4 heterocycles. The highest BCUT2D eigenvalue weighted by Gasteiger charge is 2.40. The first kappa shape index (κ1) is 18.9. The first-order chi connectivity index (χ1) is 13.7. The Labute approximate surface area is 175 Å². The zero-order valence-electron chi connectivity index (χ0n) is 15.6. The van der Waals surface area contributed by atoms with Gasteiger partial charge in [0.25, 0.3) is 0 Å². The van der Waals surface area contributed by atoms with Gasteiger partial charge in [0.15, 0.2) is 5.11 Å². The Balaban J connectivity index is 1.78. The molecule has 3 aromatic heterocycles. The number of pyridine rings is 2. The predicted octanol–water partition coefficient (Wildman–Crippen LogP) is 4.69. The zero-order chi connectivity index (χ0) is 19.5. The predicted molar refractivity (Wildman–Crippen MR) is 116 cm³/mol. The van der Waals surface area contributed by atoms with Crippen molar-refractivity contribution in [1.29, 1.82) is 0 Å². The maximum absolute atomic E-state index is 6.03. The largest absolute Gasteiger partial charge is 0.352 e. The third-order valence-electron chi connectivity index (χ3n) is 4.99. The van der Waals surface area contributed by atoms with Crippen molar-refractivity contribution in [2.45, 2.75) is 31.8 Å². The summed E-state index contributed by atoms with van der Waals surface area (Å²) in [5.74, 6) is 0.831. The number of unbranched alkanes of at least 4 members (excludes halogenated alkanes) is 1. The molecule has 28 heavy (non-hydrogen) atoms. The van der Waals surface area contributed by atoms with Gasteiger partial charge in [0, 0.05) is 30.8 Å². The molecule has 0 bridgehead atoms. The first-order valence-electron chi connectivity index (χ1n) is 9.46. The van der Waals surface area contributed by atoms with Gasteiger partial charge in [-0.3, -0.25) is 4.98 Å². The second-order valence-corrected chi connectivity index (χ2v) is 7.63. The molecule has 1 N–H and O–H groups in total. The van der Waals surface area contributed by atoms with Crippen molar-refractivity contribution in [3.8, 4) is 5.82 Å². The topological polar surface area (TPSA) is 46.0 Å². The average Bonchev–Trinajstić information content (AvgIpc) is 3.32. The van der Waals surface area contributed by atoms with Crippen molar-refractivity contribution in [2.75, 3.05) is 6.54 Å². The van der Waals surface area contributed by atoms with E-state index in [2.05, 4.69) is 37.7 Å². The number of rotatable bonds is 6. The fourth-order valence-corrected chi connectivity index (χ4v) is 4.09. The lowest BCUT2D eigenvalue weighted by atomic mass is 10.0. The molecule has 0 radical (unpaired) electrons. The van der Waals surface area contributed by atoms with E-state index in [1.807, 2.05) is 48.8 Å². The van der Waals surface area contributed by atoms with Gasteiger partial charge in [-0.25, -0.2) is 4.98 Å². The Kier molecular flexibility index (Phi) is 5.59. The fourth-order valence-electron chi connectivity index (χ4n) is 3.65. The molecule has 1 saturated heterocycles. The summed E-state index contributed by atoms with van der Waals surface area (Å²) in [6.45, 7) is 3.09. The molecule has 3 aromatic rings. The van der Waals surface area contributed by atoms with Gasteiger partial charge < -0.3 is 14.8 Å². The molecule has 5 nitrogen and oxygen atoms in total. The van der Waals surface area contributed by atoms with Crippen molar-refractivity contribution in [1.82, 2.24) is 24.8 Å². The van der Waals surface area contributed by atoms with Crippen LogP contribution in [0.15, 0.2) is 61.1 Å². The molecule has 1 fully saturated rings. The van der Waals surface area contributed by atoms with E-state index in [1.54, 1.807) is 6.20 Å². The lowest BCUT2D eigenvalue weighted by Gasteiger charge is -2.28. The number of halogens is 1. The monoisotopic (exact) mass is 411 g/mol. The first-order valence-corrected chi connectivity index (χ1v) is 10.2. The maximum atomic E-state index is 6.03. The van der Waals surface area contributed by atoms with Crippen molar-refractivity contribution in [3.05, 3.63) is 77.5 Å². The number of nitrogens with zero attached hydrogens (tertiary/aromatic N) is 4. The third-order valence-corrected chi connectivity index (χ3v) is 5.57. The van der Waals surface area contributed by atoms with Crippen LogP contribution in [0.1, 0.15) is 43.2 Å². The molecule has 0 spiro atoms. The number of hydrogen-bond donors (Lipinski definition) is 1. The van der Waals surface area contributed by atoms with Gasteiger partial charge in [0.2, 0.25) is 0 Å². The lowest BCUT2D eigenvalue weighted by Crippen LogP contribution is -2.31. The van der Waals surface area contributed by atoms with E-state index in [-0.39, 0.29) is 12.1 Å². The Morgan fingerprint density at radius 3 is 2.75 bits per heavy atom. The van der Waals surface area contributed by atoms with E-state index < -0.39 is 0 Å². The van der Waals surface area contributed by atoms with Gasteiger partial charge in [-0.2, -0.15) is 0 Å². The third kappa shape index (κ3) is 3.62. The summed E-state index contributed by atoms with van der Waals surface area (Å²) in [4.78, 5) is 11.4. The van der Waals surface area contributed by atoms with Crippen molar-refractivity contribution >= 4 is 28.9 Å². The van der Waals surface area contributed by atoms with Crippen LogP contribution in [0.5, 0.6) is 0 Å². The standard InChI is InChI=1S/C21H22ClN5S/c1-2-3-12-27-20(19(25-21(27)28)16-7-4-5-11-23-16)17-8-6-13-26(17)18-10-9-15(22)14-24-18/h4-11,13-14,19-20H,2-3,12H2,1H3,(H,25,28)/t19-,20+/m0/s1. The summed E-state index contributed by atoms with van der Waals surface area (Å²) in [6.07, 6.45) is 7.71. The van der Waals surface area contributed by atoms with Crippen LogP contribution in [0.4, 0.5) is 0 Å². The van der Waals surface area contributed by atoms with Crippen LogP contribution in [-0.2, 0) is 0 Å². The molecule has 0 aliphatic carbocycles. The maximum Gasteiger partial charge on any atom is 0.170 e. The zero-order valence-corrected chi connectivity index (χ0v) is 17.2. The molecule has 0 aromatic carbocycles. The van der Waals surface area contributed by atoms with Crippen LogP contribution < -0.4 is 5.32 Å². The van der Waals surface area contributed by atoms with Gasteiger partial charge in [0.05, 0.1) is 22.8 Å². The second kappa shape index (κ2) is 8.29. The highest BCUT2D eigenvalue weighted by molar-refractivity contribution is 7.80. The molecular weight excluding hydrogens is 390 g/mol. The molecule has 7 heteroatoms. The molecule has 0 unspecified atom stereocenters. The van der Waals surface area contributed by atoms with Crippen molar-refractivity contribution in [3.63, 3.8) is 0 Å². The van der Waals surface area contributed by atoms with Gasteiger partial charge in [-0.1, -0.05) is 31.0 Å². The van der Waals surface area contributed by atoms with Crippen LogP contribution in [0.3, 0.4) is 0 Å². The molecule has 1 aliphatic heterocycles. The minimum atomic E-state index is -0.0218. The number of aromatic nitrogens is 3. The summed E-state index contributed by atoms with van der Waals surface area (Å²) < 4.78 is 2.10. The molecule has 4 rings (SSSR count). The summed E-state index contributed by atoms with van der Waals surface area (Å²) in [5.41, 5.74) is 2.10. The lowest BCUT2D eigenvalue weighted by molar-refractivity contribution is 0.304. The molecule has 144 valence electrons. The van der Waals surface area contributed by atoms with Gasteiger partial charge >= 0.3 is 0 Å². The van der Waals surface area contributed by atoms with Gasteiger partial charge in [0.1, 0.15) is 5.82 Å². The summed E-state index contributed by atoms with van der Waals surface area (Å²) >= 11 is 11.7. The highest BCUT2D eigenvalue weighted by atomic mass is 35.5. The van der Waals surface area contributed by atoms with Crippen LogP contribution in [-0.4, -0.2) is 31.1 Å². The Bertz CT molecular complexity index is 941. The van der Waals surface area contributed by atoms with E-state index in [9.17, 15) is 0 Å². The number of thiocarbonyl (C=S) groups is 1. The Morgan fingerprint density at radius 2 is 2.04 bits per heavy atom. The van der Waals surface area contributed by atoms with Gasteiger partial charge in [-0.15, -0.1) is 0 Å². The fraction of sp³-hybridized carbons (Fsp3) is 0.286. The van der Waals surface area contributed by atoms with Crippen molar-refractivity contribution in [2.24, 2.45) is 0 Å². The highest BCUT2D eigenvalue weighted by Crippen LogP contribution is 2.39. The van der Waals surface area contributed by atoms with E-state index in [0.29, 0.717) is 5.02 Å². The molecule has 2 atom stereocenters. The quantitative estimate of drug-likeness (QED) is 0.596. The van der Waals surface area contributed by atoms with Crippen LogP contribution in [0.2, 0.25) is 5.02 Å². The van der Waals surface area contributed by atoms with Crippen LogP contribution >= 0.6 is 23.8 Å². The van der Waals surface area contributed by atoms with Gasteiger partial charge in [-0.05, 0) is 55.0 Å². The van der Waals surface area contributed by atoms with E-state index in [1.165, 1.54) is 0 Å². The van der Waals surface area contributed by atoms with E-state index >= 15 is 0 Å². The van der Waals surface area contributed by atoms with E-state index in [0.717, 1.165) is 41.7 Å².